The second kappa shape index (κ2) is 8.21. The van der Waals surface area contributed by atoms with Gasteiger partial charge in [-0.1, -0.05) is 0 Å². The number of halogens is 6. The molecule has 1 aromatic heterocycles. The van der Waals surface area contributed by atoms with Gasteiger partial charge in [0.1, 0.15) is 6.33 Å². The second-order valence-electron chi connectivity index (χ2n) is 5.10. The van der Waals surface area contributed by atoms with E-state index in [9.17, 15) is 31.1 Å². The van der Waals surface area contributed by atoms with Crippen LogP contribution in [0.4, 0.5) is 31.1 Å². The first kappa shape index (κ1) is 21.5. The van der Waals surface area contributed by atoms with Crippen LogP contribution in [0, 0.1) is 0 Å². The average Bonchev–Trinajstić information content (AvgIpc) is 3.07. The van der Waals surface area contributed by atoms with Gasteiger partial charge in [-0.05, 0) is 37.7 Å². The number of carbonyl (C=O) groups is 1. The number of hydrogen-bond acceptors (Lipinski definition) is 3. The molecular formula is C15H15F6N3O2. The molecule has 2 rings (SSSR count). The lowest BCUT2D eigenvalue weighted by atomic mass is 10.0. The molecule has 0 aliphatic rings. The Bertz CT molecular complexity index is 694. The minimum absolute atomic E-state index is 0.0559. The fraction of sp³-hybridized carbons (Fsp3) is 0.333. The highest BCUT2D eigenvalue weighted by molar-refractivity contribution is 5.67. The van der Waals surface area contributed by atoms with Gasteiger partial charge < -0.3 is 10.4 Å². The number of imidazole rings is 1. The van der Waals surface area contributed by atoms with Crippen LogP contribution in [0.5, 0.6) is 0 Å². The molecule has 0 saturated carbocycles. The maximum atomic E-state index is 12.5. The summed E-state index contributed by atoms with van der Waals surface area (Å²) in [6.45, 7) is 1.48. The van der Waals surface area contributed by atoms with Crippen LogP contribution in [0.1, 0.15) is 29.7 Å². The molecule has 0 fully saturated rings. The third-order valence-corrected chi connectivity index (χ3v) is 3.27. The summed E-state index contributed by atoms with van der Waals surface area (Å²) >= 11 is 0. The average molecular weight is 383 g/mol. The lowest BCUT2D eigenvalue weighted by Gasteiger charge is -2.17. The van der Waals surface area contributed by atoms with E-state index in [-0.39, 0.29) is 11.6 Å². The van der Waals surface area contributed by atoms with Crippen molar-refractivity contribution in [3.05, 3.63) is 53.6 Å². The lowest BCUT2D eigenvalue weighted by molar-refractivity contribution is -0.143. The first-order valence-corrected chi connectivity index (χ1v) is 7.04. The molecule has 0 unspecified atom stereocenters. The summed E-state index contributed by atoms with van der Waals surface area (Å²) in [6.07, 6.45) is -6.62. The van der Waals surface area contributed by atoms with Crippen LogP contribution < -0.4 is 5.32 Å². The van der Waals surface area contributed by atoms with Crippen molar-refractivity contribution in [2.45, 2.75) is 25.3 Å². The van der Waals surface area contributed by atoms with Crippen LogP contribution in [-0.2, 0) is 12.4 Å². The van der Waals surface area contributed by atoms with E-state index in [2.05, 4.69) is 10.3 Å². The Kier molecular flexibility index (Phi) is 6.79. The SMILES string of the molecule is CN[C@@H](C)c1cc(C(F)(F)F)cc(C(F)(F)F)c1.O=C(O)n1ccnc1. The minimum atomic E-state index is -4.80. The van der Waals surface area contributed by atoms with Crippen LogP contribution >= 0.6 is 0 Å². The van der Waals surface area contributed by atoms with E-state index in [1.807, 2.05) is 0 Å². The summed E-state index contributed by atoms with van der Waals surface area (Å²) < 4.78 is 76.1. The number of benzene rings is 1. The molecule has 11 heteroatoms. The first-order chi connectivity index (χ1) is 11.9. The van der Waals surface area contributed by atoms with Crippen molar-refractivity contribution in [1.82, 2.24) is 14.9 Å². The van der Waals surface area contributed by atoms with Crippen LogP contribution in [0.3, 0.4) is 0 Å². The van der Waals surface area contributed by atoms with Gasteiger partial charge >= 0.3 is 18.4 Å². The van der Waals surface area contributed by atoms with Crippen molar-refractivity contribution in [2.24, 2.45) is 0 Å². The number of alkyl halides is 6. The number of aromatic nitrogens is 2. The van der Waals surface area contributed by atoms with Gasteiger partial charge in [-0.2, -0.15) is 26.3 Å². The van der Waals surface area contributed by atoms with Crippen molar-refractivity contribution in [1.29, 1.82) is 0 Å². The van der Waals surface area contributed by atoms with Crippen molar-refractivity contribution in [3.8, 4) is 0 Å². The highest BCUT2D eigenvalue weighted by Gasteiger charge is 2.37. The van der Waals surface area contributed by atoms with Gasteiger partial charge in [-0.25, -0.2) is 14.3 Å². The summed E-state index contributed by atoms with van der Waals surface area (Å²) in [5.41, 5.74) is -2.65. The number of hydrogen-bond donors (Lipinski definition) is 2. The maximum Gasteiger partial charge on any atom is 0.416 e. The van der Waals surface area contributed by atoms with Crippen LogP contribution in [-0.4, -0.2) is 27.8 Å². The number of nitrogens with zero attached hydrogens (tertiary/aromatic N) is 2. The molecule has 26 heavy (non-hydrogen) atoms. The third kappa shape index (κ3) is 6.06. The van der Waals surface area contributed by atoms with Gasteiger partial charge in [0.25, 0.3) is 0 Å². The van der Waals surface area contributed by atoms with Gasteiger partial charge in [-0.3, -0.25) is 0 Å². The zero-order valence-corrected chi connectivity index (χ0v) is 13.6. The highest BCUT2D eigenvalue weighted by Crippen LogP contribution is 2.37. The molecular weight excluding hydrogens is 368 g/mol. The molecule has 0 spiro atoms. The monoisotopic (exact) mass is 383 g/mol. The zero-order chi connectivity index (χ0) is 20.1. The number of rotatable bonds is 2. The Balaban J connectivity index is 0.000000350. The number of carboxylic acid groups (broad SMARTS) is 1. The lowest BCUT2D eigenvalue weighted by Crippen LogP contribution is -2.17. The van der Waals surface area contributed by atoms with Gasteiger partial charge in [0.2, 0.25) is 0 Å². The largest absolute Gasteiger partial charge is 0.464 e. The summed E-state index contributed by atoms with van der Waals surface area (Å²) in [7, 11) is 1.46. The van der Waals surface area contributed by atoms with E-state index in [1.54, 1.807) is 0 Å². The molecule has 0 bridgehead atoms. The molecule has 2 N–H and O–H groups in total. The molecule has 1 heterocycles. The molecule has 0 aliphatic carbocycles. The van der Waals surface area contributed by atoms with Crippen LogP contribution in [0.25, 0.3) is 0 Å². The van der Waals surface area contributed by atoms with E-state index in [0.717, 1.165) is 16.7 Å². The highest BCUT2D eigenvalue weighted by atomic mass is 19.4. The van der Waals surface area contributed by atoms with Crippen molar-refractivity contribution >= 4 is 6.09 Å². The molecule has 0 saturated heterocycles. The Labute approximate surface area is 144 Å². The van der Waals surface area contributed by atoms with Crippen molar-refractivity contribution in [2.75, 3.05) is 7.05 Å². The predicted octanol–water partition coefficient (Wildman–Crippen LogP) is 4.41. The molecule has 1 aromatic carbocycles. The standard InChI is InChI=1S/C11H11F6N.C4H4N2O2/c1-6(18-2)7-3-8(10(12,13)14)5-9(4-7)11(15,16)17;7-4(8)6-2-1-5-3-6/h3-6,18H,1-2H3;1-3H,(H,7,8)/t6-;/m0./s1. The van der Waals surface area contributed by atoms with Crippen LogP contribution in [0.15, 0.2) is 36.9 Å². The smallest absolute Gasteiger partial charge is 0.416 e. The fourth-order valence-corrected chi connectivity index (χ4v) is 1.77. The topological polar surface area (TPSA) is 67.2 Å². The molecule has 0 radical (unpaired) electrons. The quantitative estimate of drug-likeness (QED) is 0.754. The molecule has 144 valence electrons. The minimum Gasteiger partial charge on any atom is -0.464 e. The second-order valence-corrected chi connectivity index (χ2v) is 5.10. The molecule has 5 nitrogen and oxygen atoms in total. The Hall–Kier alpha value is -2.56. The summed E-state index contributed by atoms with van der Waals surface area (Å²) in [5.74, 6) is 0. The molecule has 1 atom stereocenters. The normalized spacial score (nSPS) is 12.9. The van der Waals surface area contributed by atoms with E-state index in [0.29, 0.717) is 0 Å². The molecule has 2 aromatic rings. The van der Waals surface area contributed by atoms with Crippen molar-refractivity contribution < 1.29 is 36.2 Å². The van der Waals surface area contributed by atoms with Gasteiger partial charge in [-0.15, -0.1) is 0 Å². The van der Waals surface area contributed by atoms with Crippen LogP contribution in [0.2, 0.25) is 0 Å². The summed E-state index contributed by atoms with van der Waals surface area (Å²) in [5, 5.41) is 10.8. The fourth-order valence-electron chi connectivity index (χ4n) is 1.77. The zero-order valence-electron chi connectivity index (χ0n) is 13.6. The van der Waals surface area contributed by atoms with Crippen molar-refractivity contribution in [3.63, 3.8) is 0 Å². The Morgan fingerprint density at radius 1 is 1.12 bits per heavy atom. The first-order valence-electron chi connectivity index (χ1n) is 7.04. The van der Waals surface area contributed by atoms with E-state index >= 15 is 0 Å². The number of nitrogens with one attached hydrogen (secondary N) is 1. The predicted molar refractivity (Wildman–Crippen MR) is 79.6 cm³/mol. The molecule has 0 amide bonds. The van der Waals surface area contributed by atoms with E-state index in [1.165, 1.54) is 32.7 Å². The molecule has 0 aliphatic heterocycles. The van der Waals surface area contributed by atoms with E-state index in [4.69, 9.17) is 5.11 Å². The van der Waals surface area contributed by atoms with Gasteiger partial charge in [0.05, 0.1) is 11.1 Å². The van der Waals surface area contributed by atoms with Gasteiger partial charge in [0, 0.05) is 18.4 Å². The Morgan fingerprint density at radius 2 is 1.62 bits per heavy atom. The third-order valence-electron chi connectivity index (χ3n) is 3.27. The summed E-state index contributed by atoms with van der Waals surface area (Å²) in [4.78, 5) is 13.5. The summed E-state index contributed by atoms with van der Waals surface area (Å²) in [6, 6.07) is 0.951. The van der Waals surface area contributed by atoms with Gasteiger partial charge in [0.15, 0.2) is 0 Å². The Morgan fingerprint density at radius 3 is 1.88 bits per heavy atom. The maximum absolute atomic E-state index is 12.5. The van der Waals surface area contributed by atoms with E-state index < -0.39 is 35.6 Å².